The normalized spacial score (nSPS) is 15.7. The lowest BCUT2D eigenvalue weighted by Crippen LogP contribution is -2.27. The Kier molecular flexibility index (Phi) is 2.20. The number of anilines is 1. The molecule has 2 rings (SSSR count). The number of nitrogens with zero attached hydrogens (tertiary/aromatic N) is 1. The Labute approximate surface area is 88.3 Å². The van der Waals surface area contributed by atoms with Gasteiger partial charge in [-0.1, -0.05) is 11.6 Å². The summed E-state index contributed by atoms with van der Waals surface area (Å²) >= 11 is 5.82. The molecule has 14 heavy (non-hydrogen) atoms. The first kappa shape index (κ1) is 9.80. The molecule has 0 amide bonds. The van der Waals surface area contributed by atoms with Crippen LogP contribution >= 0.6 is 11.6 Å². The minimum absolute atomic E-state index is 0.522. The highest BCUT2D eigenvalue weighted by Gasteiger charge is 2.25. The first-order valence-corrected chi connectivity index (χ1v) is 6.47. The number of hydrogen-bond donors (Lipinski definition) is 0. The Morgan fingerprint density at radius 2 is 2.14 bits per heavy atom. The lowest BCUT2D eigenvalue weighted by atomic mass is 10.2. The van der Waals surface area contributed by atoms with E-state index >= 15 is 0 Å². The van der Waals surface area contributed by atoms with Gasteiger partial charge in [0.15, 0.2) is 0 Å². The summed E-state index contributed by atoms with van der Waals surface area (Å²) in [6.07, 6.45) is 1.96. The van der Waals surface area contributed by atoms with Gasteiger partial charge in [0.25, 0.3) is 0 Å². The molecular weight excluding hydrogens is 222 g/mol. The van der Waals surface area contributed by atoms with E-state index in [0.717, 1.165) is 17.7 Å². The highest BCUT2D eigenvalue weighted by atomic mass is 35.5. The average molecular weight is 232 g/mol. The highest BCUT2D eigenvalue weighted by molar-refractivity contribution is 7.92. The van der Waals surface area contributed by atoms with Crippen LogP contribution in [0.5, 0.6) is 0 Å². The molecule has 1 aliphatic rings. The highest BCUT2D eigenvalue weighted by Crippen LogP contribution is 2.31. The fourth-order valence-corrected chi connectivity index (χ4v) is 2.84. The van der Waals surface area contributed by atoms with Gasteiger partial charge in [0.2, 0.25) is 10.0 Å². The van der Waals surface area contributed by atoms with Crippen molar-refractivity contribution in [3.05, 3.63) is 28.8 Å². The van der Waals surface area contributed by atoms with E-state index in [1.54, 1.807) is 12.1 Å². The molecule has 0 saturated heterocycles. The van der Waals surface area contributed by atoms with E-state index in [-0.39, 0.29) is 0 Å². The van der Waals surface area contributed by atoms with Gasteiger partial charge in [-0.2, -0.15) is 0 Å². The molecule has 3 nitrogen and oxygen atoms in total. The van der Waals surface area contributed by atoms with Crippen molar-refractivity contribution in [3.63, 3.8) is 0 Å². The lowest BCUT2D eigenvalue weighted by molar-refractivity contribution is 0.598. The van der Waals surface area contributed by atoms with Gasteiger partial charge in [0.05, 0.1) is 11.9 Å². The SMILES string of the molecule is CS(=O)(=O)N1CCc2cc(Cl)ccc21. The maximum absolute atomic E-state index is 11.4. The van der Waals surface area contributed by atoms with E-state index < -0.39 is 10.0 Å². The Balaban J connectivity index is 2.51. The molecule has 0 unspecified atom stereocenters. The number of rotatable bonds is 1. The molecule has 76 valence electrons. The van der Waals surface area contributed by atoms with Crippen LogP contribution in [-0.4, -0.2) is 21.2 Å². The van der Waals surface area contributed by atoms with Crippen LogP contribution in [0.25, 0.3) is 0 Å². The Morgan fingerprint density at radius 3 is 2.79 bits per heavy atom. The fraction of sp³-hybridized carbons (Fsp3) is 0.333. The maximum Gasteiger partial charge on any atom is 0.232 e. The van der Waals surface area contributed by atoms with Gasteiger partial charge < -0.3 is 0 Å². The van der Waals surface area contributed by atoms with Crippen molar-refractivity contribution in [3.8, 4) is 0 Å². The standard InChI is InChI=1S/C9H10ClNO2S/c1-14(12,13)11-5-4-7-6-8(10)2-3-9(7)11/h2-3,6H,4-5H2,1H3. The number of halogens is 1. The summed E-state index contributed by atoms with van der Waals surface area (Å²) in [5.74, 6) is 0. The quantitative estimate of drug-likeness (QED) is 0.737. The minimum Gasteiger partial charge on any atom is -0.270 e. The molecule has 1 heterocycles. The smallest absolute Gasteiger partial charge is 0.232 e. The van der Waals surface area contributed by atoms with Crippen molar-refractivity contribution < 1.29 is 8.42 Å². The summed E-state index contributed by atoms with van der Waals surface area (Å²) in [4.78, 5) is 0. The molecule has 0 N–H and O–H groups in total. The van der Waals surface area contributed by atoms with E-state index in [4.69, 9.17) is 11.6 Å². The third kappa shape index (κ3) is 1.60. The van der Waals surface area contributed by atoms with E-state index in [9.17, 15) is 8.42 Å². The maximum atomic E-state index is 11.4. The van der Waals surface area contributed by atoms with Crippen molar-refractivity contribution in [1.82, 2.24) is 0 Å². The van der Waals surface area contributed by atoms with Gasteiger partial charge in [-0.15, -0.1) is 0 Å². The molecule has 0 fully saturated rings. The molecule has 5 heteroatoms. The molecule has 1 aromatic rings. The molecule has 0 aromatic heterocycles. The van der Waals surface area contributed by atoms with Crippen LogP contribution in [0.3, 0.4) is 0 Å². The first-order chi connectivity index (χ1) is 6.48. The van der Waals surface area contributed by atoms with Crippen LogP contribution in [0.1, 0.15) is 5.56 Å². The number of benzene rings is 1. The molecule has 0 spiro atoms. The van der Waals surface area contributed by atoms with Crippen molar-refractivity contribution in [1.29, 1.82) is 0 Å². The summed E-state index contributed by atoms with van der Waals surface area (Å²) in [5, 5.41) is 0.652. The Bertz CT molecular complexity index is 470. The van der Waals surface area contributed by atoms with Gasteiger partial charge >= 0.3 is 0 Å². The third-order valence-corrected chi connectivity index (χ3v) is 3.71. The van der Waals surface area contributed by atoms with Crippen LogP contribution < -0.4 is 4.31 Å². The van der Waals surface area contributed by atoms with Crippen molar-refractivity contribution in [2.45, 2.75) is 6.42 Å². The molecule has 1 aromatic carbocycles. The van der Waals surface area contributed by atoms with Gasteiger partial charge in [-0.05, 0) is 30.2 Å². The van der Waals surface area contributed by atoms with E-state index in [1.165, 1.54) is 10.6 Å². The lowest BCUT2D eigenvalue weighted by Gasteiger charge is -2.15. The number of sulfonamides is 1. The van der Waals surface area contributed by atoms with Crippen LogP contribution in [0.15, 0.2) is 18.2 Å². The summed E-state index contributed by atoms with van der Waals surface area (Å²) in [7, 11) is -3.14. The monoisotopic (exact) mass is 231 g/mol. The van der Waals surface area contributed by atoms with E-state index in [1.807, 2.05) is 6.07 Å². The van der Waals surface area contributed by atoms with Gasteiger partial charge in [-0.3, -0.25) is 4.31 Å². The predicted molar refractivity (Wildman–Crippen MR) is 57.3 cm³/mol. The molecule has 0 bridgehead atoms. The number of fused-ring (bicyclic) bond motifs is 1. The summed E-state index contributed by atoms with van der Waals surface area (Å²) < 4.78 is 24.2. The van der Waals surface area contributed by atoms with Gasteiger partial charge in [0.1, 0.15) is 0 Å². The van der Waals surface area contributed by atoms with Crippen molar-refractivity contribution in [2.24, 2.45) is 0 Å². The molecule has 0 radical (unpaired) electrons. The first-order valence-electron chi connectivity index (χ1n) is 4.24. The summed E-state index contributed by atoms with van der Waals surface area (Å²) in [5.41, 5.74) is 1.76. The number of hydrogen-bond acceptors (Lipinski definition) is 2. The second kappa shape index (κ2) is 3.14. The van der Waals surface area contributed by atoms with Gasteiger partial charge in [-0.25, -0.2) is 8.42 Å². The zero-order valence-electron chi connectivity index (χ0n) is 7.70. The second-order valence-electron chi connectivity index (χ2n) is 3.36. The average Bonchev–Trinajstić information content (AvgIpc) is 2.45. The van der Waals surface area contributed by atoms with Crippen LogP contribution in [0, 0.1) is 0 Å². The van der Waals surface area contributed by atoms with Crippen molar-refractivity contribution >= 4 is 27.3 Å². The Morgan fingerprint density at radius 1 is 1.43 bits per heavy atom. The van der Waals surface area contributed by atoms with Crippen LogP contribution in [0.2, 0.25) is 5.02 Å². The zero-order chi connectivity index (χ0) is 10.3. The molecule has 0 aliphatic carbocycles. The second-order valence-corrected chi connectivity index (χ2v) is 5.70. The summed E-state index contributed by atoms with van der Waals surface area (Å²) in [6.45, 7) is 0.522. The van der Waals surface area contributed by atoms with Crippen molar-refractivity contribution in [2.75, 3.05) is 17.1 Å². The fourth-order valence-electron chi connectivity index (χ4n) is 1.68. The molecule has 0 saturated carbocycles. The van der Waals surface area contributed by atoms with Crippen LogP contribution in [0.4, 0.5) is 5.69 Å². The molecular formula is C9H10ClNO2S. The third-order valence-electron chi connectivity index (χ3n) is 2.29. The van der Waals surface area contributed by atoms with E-state index in [2.05, 4.69) is 0 Å². The van der Waals surface area contributed by atoms with Gasteiger partial charge in [0, 0.05) is 11.6 Å². The zero-order valence-corrected chi connectivity index (χ0v) is 9.27. The van der Waals surface area contributed by atoms with E-state index in [0.29, 0.717) is 11.6 Å². The Hall–Kier alpha value is -0.740. The largest absolute Gasteiger partial charge is 0.270 e. The molecule has 0 atom stereocenters. The topological polar surface area (TPSA) is 37.4 Å². The predicted octanol–water partition coefficient (Wildman–Crippen LogP) is 1.66. The van der Waals surface area contributed by atoms with Crippen LogP contribution in [-0.2, 0) is 16.4 Å². The summed E-state index contributed by atoms with van der Waals surface area (Å²) in [6, 6.07) is 5.29. The minimum atomic E-state index is -3.14. The molecule has 1 aliphatic heterocycles.